The highest BCUT2D eigenvalue weighted by atomic mass is 14.8. The van der Waals surface area contributed by atoms with Crippen LogP contribution in [0.25, 0.3) is 0 Å². The fourth-order valence-electron chi connectivity index (χ4n) is 2.30. The Bertz CT molecular complexity index is 723. The molecule has 0 saturated carbocycles. The van der Waals surface area contributed by atoms with Crippen molar-refractivity contribution in [2.45, 2.75) is 19.8 Å². The van der Waals surface area contributed by atoms with Gasteiger partial charge in [-0.2, -0.15) is 0 Å². The van der Waals surface area contributed by atoms with Crippen molar-refractivity contribution in [1.29, 1.82) is 0 Å². The van der Waals surface area contributed by atoms with Crippen LogP contribution in [0.3, 0.4) is 0 Å². The summed E-state index contributed by atoms with van der Waals surface area (Å²) in [5.41, 5.74) is 5.21. The second-order valence-corrected chi connectivity index (χ2v) is 5.07. The third-order valence-electron chi connectivity index (χ3n) is 3.26. The lowest BCUT2D eigenvalue weighted by atomic mass is 10.1. The van der Waals surface area contributed by atoms with E-state index in [2.05, 4.69) is 16.0 Å². The van der Waals surface area contributed by atoms with Gasteiger partial charge in [-0.3, -0.25) is 15.0 Å². The predicted molar refractivity (Wildman–Crippen MR) is 83.1 cm³/mol. The first-order valence-electron chi connectivity index (χ1n) is 7.07. The van der Waals surface area contributed by atoms with E-state index in [0.29, 0.717) is 0 Å². The van der Waals surface area contributed by atoms with Crippen LogP contribution >= 0.6 is 0 Å². The molecule has 0 spiro atoms. The van der Waals surface area contributed by atoms with Gasteiger partial charge in [-0.05, 0) is 43.3 Å². The number of hydrogen-bond acceptors (Lipinski definition) is 3. The lowest BCUT2D eigenvalue weighted by Gasteiger charge is -2.05. The zero-order chi connectivity index (χ0) is 14.5. The fraction of sp³-hybridized carbons (Fsp3) is 0.167. The van der Waals surface area contributed by atoms with Crippen LogP contribution < -0.4 is 0 Å². The van der Waals surface area contributed by atoms with Gasteiger partial charge in [-0.25, -0.2) is 0 Å². The molecule has 21 heavy (non-hydrogen) atoms. The van der Waals surface area contributed by atoms with Crippen LogP contribution in [0.15, 0.2) is 60.8 Å². The fourth-order valence-corrected chi connectivity index (χ4v) is 2.30. The molecule has 0 unspecified atom stereocenters. The van der Waals surface area contributed by atoms with Crippen molar-refractivity contribution in [3.63, 3.8) is 0 Å². The van der Waals surface area contributed by atoms with Gasteiger partial charge in [-0.1, -0.05) is 18.2 Å². The Morgan fingerprint density at radius 2 is 1.29 bits per heavy atom. The van der Waals surface area contributed by atoms with Crippen LogP contribution in [0.1, 0.15) is 28.5 Å². The van der Waals surface area contributed by atoms with Crippen LogP contribution in [0.5, 0.6) is 0 Å². The molecule has 0 fully saturated rings. The quantitative estimate of drug-likeness (QED) is 0.733. The topological polar surface area (TPSA) is 38.7 Å². The monoisotopic (exact) mass is 275 g/mol. The zero-order valence-electron chi connectivity index (χ0n) is 12.0. The average molecular weight is 275 g/mol. The molecule has 3 aromatic heterocycles. The maximum absolute atomic E-state index is 4.71. The number of aromatic nitrogens is 3. The molecular weight excluding hydrogens is 258 g/mol. The van der Waals surface area contributed by atoms with E-state index in [-0.39, 0.29) is 0 Å². The summed E-state index contributed by atoms with van der Waals surface area (Å²) in [6, 6.07) is 18.2. The second-order valence-electron chi connectivity index (χ2n) is 5.07. The van der Waals surface area contributed by atoms with Crippen LogP contribution in [0.4, 0.5) is 0 Å². The normalized spacial score (nSPS) is 10.5. The Hall–Kier alpha value is -2.55. The molecule has 3 aromatic rings. The summed E-state index contributed by atoms with van der Waals surface area (Å²) in [6.07, 6.45) is 3.34. The van der Waals surface area contributed by atoms with E-state index in [1.807, 2.05) is 61.7 Å². The molecule has 104 valence electrons. The van der Waals surface area contributed by atoms with Crippen LogP contribution in [-0.2, 0) is 12.8 Å². The maximum Gasteiger partial charge on any atom is 0.0466 e. The molecular formula is C18H17N3. The molecule has 0 aliphatic rings. The van der Waals surface area contributed by atoms with Crippen LogP contribution in [-0.4, -0.2) is 15.0 Å². The summed E-state index contributed by atoms with van der Waals surface area (Å²) in [7, 11) is 0. The minimum atomic E-state index is 0.760. The van der Waals surface area contributed by atoms with Crippen molar-refractivity contribution in [2.24, 2.45) is 0 Å². The molecule has 0 saturated heterocycles. The highest BCUT2D eigenvalue weighted by Gasteiger charge is 2.03. The van der Waals surface area contributed by atoms with Gasteiger partial charge in [0.25, 0.3) is 0 Å². The maximum atomic E-state index is 4.71. The van der Waals surface area contributed by atoms with Crippen molar-refractivity contribution < 1.29 is 0 Å². The first-order chi connectivity index (χ1) is 10.3. The van der Waals surface area contributed by atoms with E-state index in [9.17, 15) is 0 Å². The molecule has 0 atom stereocenters. The Morgan fingerprint density at radius 3 is 1.95 bits per heavy atom. The highest BCUT2D eigenvalue weighted by Crippen LogP contribution is 2.09. The summed E-state index contributed by atoms with van der Waals surface area (Å²) in [4.78, 5) is 13.6. The molecule has 0 aromatic carbocycles. The van der Waals surface area contributed by atoms with Crippen molar-refractivity contribution in [1.82, 2.24) is 15.0 Å². The third kappa shape index (κ3) is 3.72. The van der Waals surface area contributed by atoms with E-state index < -0.39 is 0 Å². The van der Waals surface area contributed by atoms with E-state index in [4.69, 9.17) is 4.98 Å². The van der Waals surface area contributed by atoms with Gasteiger partial charge < -0.3 is 0 Å². The van der Waals surface area contributed by atoms with E-state index in [1.165, 1.54) is 0 Å². The zero-order valence-corrected chi connectivity index (χ0v) is 12.0. The van der Waals surface area contributed by atoms with E-state index >= 15 is 0 Å². The van der Waals surface area contributed by atoms with Gasteiger partial charge in [0, 0.05) is 47.5 Å². The molecule has 3 heteroatoms. The van der Waals surface area contributed by atoms with Crippen molar-refractivity contribution in [2.75, 3.05) is 0 Å². The lowest BCUT2D eigenvalue weighted by molar-refractivity contribution is 0.941. The van der Waals surface area contributed by atoms with Crippen LogP contribution in [0.2, 0.25) is 0 Å². The molecule has 0 radical (unpaired) electrons. The summed E-state index contributed by atoms with van der Waals surface area (Å²) in [6.45, 7) is 2.01. The number of pyridine rings is 3. The van der Waals surface area contributed by atoms with Crippen molar-refractivity contribution in [3.05, 3.63) is 89.3 Å². The molecule has 0 aliphatic carbocycles. The predicted octanol–water partition coefficient (Wildman–Crippen LogP) is 3.36. The summed E-state index contributed by atoms with van der Waals surface area (Å²) in [5, 5.41) is 0. The first-order valence-corrected chi connectivity index (χ1v) is 7.07. The Morgan fingerprint density at radius 1 is 0.667 bits per heavy atom. The third-order valence-corrected chi connectivity index (χ3v) is 3.26. The van der Waals surface area contributed by atoms with Crippen molar-refractivity contribution in [3.8, 4) is 0 Å². The number of rotatable bonds is 4. The van der Waals surface area contributed by atoms with Crippen LogP contribution in [0, 0.1) is 6.92 Å². The Kier molecular flexibility index (Phi) is 4.01. The SMILES string of the molecule is Cc1cccc(Cc2cccc(Cc3ccccn3)n2)n1. The lowest BCUT2D eigenvalue weighted by Crippen LogP contribution is -2.00. The van der Waals surface area contributed by atoms with E-state index in [1.54, 1.807) is 0 Å². The molecule has 0 amide bonds. The largest absolute Gasteiger partial charge is 0.261 e. The smallest absolute Gasteiger partial charge is 0.0466 e. The number of aryl methyl sites for hydroxylation is 1. The van der Waals surface area contributed by atoms with Gasteiger partial charge in [0.15, 0.2) is 0 Å². The Labute approximate surface area is 124 Å². The molecule has 0 N–H and O–H groups in total. The average Bonchev–Trinajstić information content (AvgIpc) is 2.49. The van der Waals surface area contributed by atoms with Gasteiger partial charge >= 0.3 is 0 Å². The van der Waals surface area contributed by atoms with E-state index in [0.717, 1.165) is 41.3 Å². The summed E-state index contributed by atoms with van der Waals surface area (Å²) >= 11 is 0. The molecule has 0 bridgehead atoms. The summed E-state index contributed by atoms with van der Waals surface area (Å²) in [5.74, 6) is 0. The van der Waals surface area contributed by atoms with Gasteiger partial charge in [0.2, 0.25) is 0 Å². The van der Waals surface area contributed by atoms with Crippen molar-refractivity contribution >= 4 is 0 Å². The Balaban J connectivity index is 1.77. The highest BCUT2D eigenvalue weighted by molar-refractivity contribution is 5.21. The van der Waals surface area contributed by atoms with Gasteiger partial charge in [0.05, 0.1) is 0 Å². The standard InChI is InChI=1S/C18H17N3/c1-14-6-4-8-16(20-14)13-18-10-5-9-17(21-18)12-15-7-2-3-11-19-15/h2-11H,12-13H2,1H3. The first kappa shape index (κ1) is 13.4. The molecule has 3 nitrogen and oxygen atoms in total. The minimum absolute atomic E-state index is 0.760. The molecule has 3 rings (SSSR count). The second kappa shape index (κ2) is 6.27. The minimum Gasteiger partial charge on any atom is -0.261 e. The van der Waals surface area contributed by atoms with Gasteiger partial charge in [-0.15, -0.1) is 0 Å². The molecule has 3 heterocycles. The number of hydrogen-bond donors (Lipinski definition) is 0. The number of nitrogens with zero attached hydrogens (tertiary/aromatic N) is 3. The molecule has 0 aliphatic heterocycles. The summed E-state index contributed by atoms with van der Waals surface area (Å²) < 4.78 is 0. The van der Waals surface area contributed by atoms with Gasteiger partial charge in [0.1, 0.15) is 0 Å².